The van der Waals surface area contributed by atoms with Gasteiger partial charge in [-0.05, 0) is 91.9 Å². The average Bonchev–Trinajstić information content (AvgIpc) is 3.11. The Kier molecular flexibility index (Phi) is 16.8. The van der Waals surface area contributed by atoms with Gasteiger partial charge in [-0.3, -0.25) is 4.98 Å². The summed E-state index contributed by atoms with van der Waals surface area (Å²) in [5, 5.41) is 6.00. The molecule has 0 saturated heterocycles. The van der Waals surface area contributed by atoms with Crippen molar-refractivity contribution < 1.29 is 25.8 Å². The molecule has 49 heavy (non-hydrogen) atoms. The molecule has 4 aliphatic rings. The maximum absolute atomic E-state index is 6.00. The topological polar surface area (TPSA) is 27.0 Å². The zero-order valence-corrected chi connectivity index (χ0v) is 35.3. The van der Waals surface area contributed by atoms with Gasteiger partial charge in [-0.25, -0.2) is 0 Å². The van der Waals surface area contributed by atoms with Crippen molar-refractivity contribution >= 4 is 5.69 Å². The monoisotopic (exact) mass is 826 g/mol. The van der Waals surface area contributed by atoms with Crippen LogP contribution in [-0.4, -0.2) is 4.98 Å². The largest absolute Gasteiger partial charge is 0.673 e. The van der Waals surface area contributed by atoms with Gasteiger partial charge in [0, 0.05) is 43.1 Å². The maximum Gasteiger partial charge on any atom is 0.0440 e. The Morgan fingerprint density at radius 3 is 1.76 bits per heavy atom. The predicted octanol–water partition coefficient (Wildman–Crippen LogP) is 14.5. The van der Waals surface area contributed by atoms with E-state index in [1.165, 1.54) is 143 Å². The molecule has 1 aromatic heterocycles. The van der Waals surface area contributed by atoms with E-state index in [-0.39, 0.29) is 54.2 Å². The van der Waals surface area contributed by atoms with Crippen LogP contribution in [0, 0.1) is 34.1 Å². The van der Waals surface area contributed by atoms with Gasteiger partial charge >= 0.3 is 0 Å². The Labute approximate surface area is 321 Å². The van der Waals surface area contributed by atoms with E-state index in [4.69, 9.17) is 10.3 Å². The minimum absolute atomic E-state index is 0. The molecule has 3 heteroatoms. The van der Waals surface area contributed by atoms with Gasteiger partial charge in [0.25, 0.3) is 0 Å². The van der Waals surface area contributed by atoms with E-state index in [2.05, 4.69) is 74.5 Å². The van der Waals surface area contributed by atoms with Crippen molar-refractivity contribution in [2.75, 3.05) is 0 Å². The minimum Gasteiger partial charge on any atom is -0.673 e. The van der Waals surface area contributed by atoms with Crippen LogP contribution in [0.5, 0.6) is 0 Å². The van der Waals surface area contributed by atoms with Crippen LogP contribution >= 0.6 is 0 Å². The first-order chi connectivity index (χ1) is 22.2. The number of rotatable bonds is 8. The second-order valence-electron chi connectivity index (χ2n) is 15.5. The summed E-state index contributed by atoms with van der Waals surface area (Å²) in [5.41, 5.74) is 9.65. The van der Waals surface area contributed by atoms with E-state index in [0.29, 0.717) is 23.7 Å². The van der Waals surface area contributed by atoms with Crippen molar-refractivity contribution in [1.29, 1.82) is 0 Å². The number of para-hydroxylation sites is 1. The second kappa shape index (κ2) is 19.8. The van der Waals surface area contributed by atoms with Gasteiger partial charge in [0.05, 0.1) is 0 Å². The Morgan fingerprint density at radius 1 is 0.571 bits per heavy atom. The summed E-state index contributed by atoms with van der Waals surface area (Å²) < 4.78 is 0. The van der Waals surface area contributed by atoms with Crippen LogP contribution in [-0.2, 0) is 25.8 Å². The molecule has 0 spiro atoms. The van der Waals surface area contributed by atoms with Gasteiger partial charge < -0.3 is 27.6 Å². The van der Waals surface area contributed by atoms with Crippen LogP contribution in [0.4, 0.5) is 5.69 Å². The van der Waals surface area contributed by atoms with Crippen LogP contribution in [0.2, 0.25) is 0 Å². The van der Waals surface area contributed by atoms with Crippen LogP contribution < -0.4 is 0 Å². The summed E-state index contributed by atoms with van der Waals surface area (Å²) in [6.07, 6.45) is 23.2. The fourth-order valence-electron chi connectivity index (χ4n) is 10.1. The molecular formula is C46H66HfN2-4. The van der Waals surface area contributed by atoms with E-state index in [0.717, 1.165) is 17.5 Å². The molecule has 7 rings (SSSR count). The van der Waals surface area contributed by atoms with Crippen molar-refractivity contribution in [3.8, 4) is 0 Å². The van der Waals surface area contributed by atoms with Crippen LogP contribution in [0.3, 0.4) is 0 Å². The van der Waals surface area contributed by atoms with Gasteiger partial charge in [-0.1, -0.05) is 150 Å². The van der Waals surface area contributed by atoms with Gasteiger partial charge in [0.2, 0.25) is 0 Å². The molecule has 4 atom stereocenters. The zero-order valence-electron chi connectivity index (χ0n) is 31.7. The molecule has 3 aromatic rings. The first-order valence-electron chi connectivity index (χ1n) is 19.1. The fourth-order valence-corrected chi connectivity index (χ4v) is 10.1. The van der Waals surface area contributed by atoms with Gasteiger partial charge in [-0.15, -0.1) is 5.69 Å². The summed E-state index contributed by atoms with van der Waals surface area (Å²) in [7, 11) is 0. The van der Waals surface area contributed by atoms with Crippen molar-refractivity contribution in [1.82, 2.24) is 4.98 Å². The molecule has 4 aliphatic carbocycles. The Hall–Kier alpha value is -1.74. The number of benzene rings is 2. The molecular weight excluding hydrogens is 759 g/mol. The first kappa shape index (κ1) is 41.7. The summed E-state index contributed by atoms with van der Waals surface area (Å²) in [5.74, 6) is 4.04. The van der Waals surface area contributed by atoms with Crippen LogP contribution in [0.1, 0.15) is 186 Å². The van der Waals surface area contributed by atoms with Crippen molar-refractivity contribution in [2.45, 2.75) is 153 Å². The standard InChI is InChI=1S/C43H57N2.3CH3.Hf/c1-30(2)34-22-11-12-24-39(34)43(41-29-15-28-40(44-41)38-27-13-21-31-20-9-10-23-35(31)38)45-42-36(32-16-5-3-6-17-32)25-14-26-37(42)33-18-7-4-8-19-33;;;;/h11-12,14-15,22,24-26,28-33,35,38,43H,3-10,13,16-21,23,27H2,1-2H3;3*1H3;/q4*-1;. The molecule has 0 aliphatic heterocycles. The third-order valence-electron chi connectivity index (χ3n) is 12.4. The molecule has 4 fully saturated rings. The smallest absolute Gasteiger partial charge is 0.0440 e. The average molecular weight is 826 g/mol. The Bertz CT molecular complexity index is 1360. The van der Waals surface area contributed by atoms with E-state index >= 15 is 0 Å². The molecule has 0 N–H and O–H groups in total. The maximum atomic E-state index is 6.00. The molecule has 2 nitrogen and oxygen atoms in total. The zero-order chi connectivity index (χ0) is 30.6. The summed E-state index contributed by atoms with van der Waals surface area (Å²) in [6, 6.07) is 23.3. The summed E-state index contributed by atoms with van der Waals surface area (Å²) in [4.78, 5) is 5.65. The van der Waals surface area contributed by atoms with Crippen molar-refractivity contribution in [2.24, 2.45) is 11.8 Å². The molecule has 0 amide bonds. The van der Waals surface area contributed by atoms with Gasteiger partial charge in [0.15, 0.2) is 0 Å². The van der Waals surface area contributed by atoms with E-state index < -0.39 is 0 Å². The number of pyridine rings is 1. The molecule has 268 valence electrons. The van der Waals surface area contributed by atoms with Crippen LogP contribution in [0.25, 0.3) is 5.32 Å². The molecule has 1 heterocycles. The number of hydrogen-bond acceptors (Lipinski definition) is 1. The summed E-state index contributed by atoms with van der Waals surface area (Å²) in [6.45, 7) is 4.68. The minimum atomic E-state index is -0.0821. The third-order valence-corrected chi connectivity index (χ3v) is 12.4. The first-order valence-corrected chi connectivity index (χ1v) is 19.1. The van der Waals surface area contributed by atoms with Crippen molar-refractivity contribution in [3.05, 3.63) is 122 Å². The van der Waals surface area contributed by atoms with E-state index in [1.54, 1.807) is 0 Å². The van der Waals surface area contributed by atoms with Gasteiger partial charge in [0.1, 0.15) is 0 Å². The molecule has 2 aromatic carbocycles. The summed E-state index contributed by atoms with van der Waals surface area (Å²) >= 11 is 0. The third kappa shape index (κ3) is 9.39. The number of fused-ring (bicyclic) bond motifs is 1. The SMILES string of the molecule is CC(C)c1ccccc1C([N-]c1c(C2CCCCC2)cccc1C1CCCCC1)c1cccc(C2CCCC3CCCCC32)n1.[CH3-].[CH3-].[CH3-].[Hf]. The number of aromatic nitrogens is 1. The molecule has 0 bridgehead atoms. The number of hydrogen-bond donors (Lipinski definition) is 0. The molecule has 0 radical (unpaired) electrons. The fraction of sp³-hybridized carbons (Fsp3) is 0.565. The number of nitrogens with zero attached hydrogens (tertiary/aromatic N) is 2. The van der Waals surface area contributed by atoms with E-state index in [1.807, 2.05) is 0 Å². The van der Waals surface area contributed by atoms with E-state index in [9.17, 15) is 0 Å². The Balaban J connectivity index is 0.00000163. The predicted molar refractivity (Wildman–Crippen MR) is 209 cm³/mol. The Morgan fingerprint density at radius 2 is 1.12 bits per heavy atom. The van der Waals surface area contributed by atoms with Crippen LogP contribution in [0.15, 0.2) is 60.7 Å². The molecule has 4 saturated carbocycles. The second-order valence-corrected chi connectivity index (χ2v) is 15.5. The van der Waals surface area contributed by atoms with Gasteiger partial charge in [-0.2, -0.15) is 0 Å². The van der Waals surface area contributed by atoms with Crippen molar-refractivity contribution in [3.63, 3.8) is 0 Å². The molecule has 4 unspecified atom stereocenters. The quantitative estimate of drug-likeness (QED) is 0.164. The normalized spacial score (nSPS) is 23.4.